The SMILES string of the molecule is CN1CCN(C2CCN(C(=O)[C@@H](CC(=O)N3CCC(N4CCc5ccccc5NC4=O)CC3)Cc3cc(C(F)(F)F)c(N)c(C(F)(F)F)c3)CC2)CC1. The molecule has 0 bridgehead atoms. The highest BCUT2D eigenvalue weighted by Gasteiger charge is 2.42. The lowest BCUT2D eigenvalue weighted by atomic mass is 9.90. The Bertz CT molecular complexity index is 1610. The van der Waals surface area contributed by atoms with E-state index >= 15 is 0 Å². The zero-order valence-corrected chi connectivity index (χ0v) is 29.8. The van der Waals surface area contributed by atoms with Gasteiger partial charge in [0.2, 0.25) is 11.8 Å². The van der Waals surface area contributed by atoms with Crippen LogP contribution >= 0.6 is 0 Å². The predicted octanol–water partition coefficient (Wildman–Crippen LogP) is 5.17. The summed E-state index contributed by atoms with van der Waals surface area (Å²) < 4.78 is 83.5. The van der Waals surface area contributed by atoms with Crippen LogP contribution in [-0.2, 0) is 34.8 Å². The Morgan fingerprint density at radius 1 is 0.811 bits per heavy atom. The van der Waals surface area contributed by atoms with Crippen LogP contribution in [0.15, 0.2) is 36.4 Å². The second-order valence-corrected chi connectivity index (χ2v) is 14.7. The summed E-state index contributed by atoms with van der Waals surface area (Å²) in [5.41, 5.74) is 2.12. The number of nitrogens with two attached hydrogens (primary N) is 1. The van der Waals surface area contributed by atoms with Gasteiger partial charge in [0.25, 0.3) is 0 Å². The summed E-state index contributed by atoms with van der Waals surface area (Å²) in [6, 6.07) is 8.61. The summed E-state index contributed by atoms with van der Waals surface area (Å²) in [5.74, 6) is -2.07. The zero-order chi connectivity index (χ0) is 38.1. The molecule has 16 heteroatoms. The molecule has 0 saturated carbocycles. The number of urea groups is 1. The first kappa shape index (κ1) is 38.7. The fourth-order valence-corrected chi connectivity index (χ4v) is 8.23. The van der Waals surface area contributed by atoms with E-state index in [1.807, 2.05) is 24.3 Å². The Morgan fingerprint density at radius 2 is 1.38 bits per heavy atom. The molecule has 0 aliphatic carbocycles. The maximum Gasteiger partial charge on any atom is 0.418 e. The zero-order valence-electron chi connectivity index (χ0n) is 29.8. The van der Waals surface area contributed by atoms with Crippen molar-refractivity contribution in [3.63, 3.8) is 0 Å². The summed E-state index contributed by atoms with van der Waals surface area (Å²) in [5, 5.41) is 2.96. The quantitative estimate of drug-likeness (QED) is 0.299. The number of nitrogen functional groups attached to an aromatic ring is 1. The van der Waals surface area contributed by atoms with Gasteiger partial charge in [-0.05, 0) is 74.9 Å². The standard InChI is InChI=1S/C37H47F6N7O3/c1-46-16-18-47(19-17-46)27-7-13-49(14-8-27)34(52)26(20-24-21-29(36(38,39)40)33(44)30(22-24)37(41,42)43)23-32(51)48-11-9-28(10-12-48)50-15-6-25-4-2-3-5-31(25)45-35(50)53/h2-5,21-22,26-28H,6-20,23,44H2,1H3,(H,45,53)/t26-/m1/s1. The van der Waals surface area contributed by atoms with Crippen LogP contribution in [0.5, 0.6) is 0 Å². The number of carbonyl (C=O) groups is 3. The smallest absolute Gasteiger partial charge is 0.398 e. The molecule has 0 unspecified atom stereocenters. The van der Waals surface area contributed by atoms with Crippen molar-refractivity contribution in [2.75, 3.05) is 77.0 Å². The average Bonchev–Trinajstić information content (AvgIpc) is 3.29. The highest BCUT2D eigenvalue weighted by molar-refractivity contribution is 5.91. The molecule has 53 heavy (non-hydrogen) atoms. The minimum absolute atomic E-state index is 0.135. The molecule has 4 aliphatic rings. The van der Waals surface area contributed by atoms with Gasteiger partial charge in [-0.25, -0.2) is 4.79 Å². The van der Waals surface area contributed by atoms with Crippen LogP contribution < -0.4 is 11.1 Å². The topological polar surface area (TPSA) is 105 Å². The van der Waals surface area contributed by atoms with Crippen molar-refractivity contribution in [1.82, 2.24) is 24.5 Å². The van der Waals surface area contributed by atoms with Crippen molar-refractivity contribution in [3.05, 3.63) is 58.7 Å². The molecule has 2 aromatic carbocycles. The van der Waals surface area contributed by atoms with Crippen molar-refractivity contribution >= 4 is 29.2 Å². The van der Waals surface area contributed by atoms with Gasteiger partial charge in [0.1, 0.15) is 0 Å². The number of alkyl halides is 6. The number of rotatable bonds is 7. The summed E-state index contributed by atoms with van der Waals surface area (Å²) in [7, 11) is 2.06. The Hall–Kier alpha value is -4.05. The number of hydrogen-bond acceptors (Lipinski definition) is 6. The van der Waals surface area contributed by atoms with Crippen LogP contribution in [-0.4, -0.2) is 120 Å². The third-order valence-electron chi connectivity index (χ3n) is 11.3. The first-order valence-corrected chi connectivity index (χ1v) is 18.3. The highest BCUT2D eigenvalue weighted by Crippen LogP contribution is 2.42. The van der Waals surface area contributed by atoms with Gasteiger partial charge in [0, 0.05) is 83.1 Å². The summed E-state index contributed by atoms with van der Waals surface area (Å²) in [6.45, 7) is 5.49. The van der Waals surface area contributed by atoms with E-state index in [1.165, 1.54) is 0 Å². The number of likely N-dealkylation sites (tertiary alicyclic amines) is 2. The number of amides is 4. The number of fused-ring (bicyclic) bond motifs is 1. The second-order valence-electron chi connectivity index (χ2n) is 14.7. The van der Waals surface area contributed by atoms with Gasteiger partial charge < -0.3 is 30.7 Å². The van der Waals surface area contributed by atoms with Gasteiger partial charge in [-0.2, -0.15) is 26.3 Å². The van der Waals surface area contributed by atoms with E-state index in [0.29, 0.717) is 63.9 Å². The number of halogens is 6. The van der Waals surface area contributed by atoms with E-state index in [9.17, 15) is 40.7 Å². The van der Waals surface area contributed by atoms with Crippen molar-refractivity contribution in [2.24, 2.45) is 5.92 Å². The Morgan fingerprint density at radius 3 is 1.98 bits per heavy atom. The van der Waals surface area contributed by atoms with E-state index in [1.54, 1.807) is 14.7 Å². The normalized spacial score (nSPS) is 20.9. The van der Waals surface area contributed by atoms with Crippen LogP contribution in [0.1, 0.15) is 54.4 Å². The van der Waals surface area contributed by atoms with Gasteiger partial charge in [-0.1, -0.05) is 18.2 Å². The number of nitrogens with one attached hydrogen (secondary N) is 1. The van der Waals surface area contributed by atoms with Gasteiger partial charge in [0.15, 0.2) is 0 Å². The van der Waals surface area contributed by atoms with Crippen LogP contribution in [0, 0.1) is 5.92 Å². The molecule has 4 aliphatic heterocycles. The van der Waals surface area contributed by atoms with Gasteiger partial charge in [0.05, 0.1) is 22.7 Å². The molecule has 3 fully saturated rings. The van der Waals surface area contributed by atoms with E-state index in [2.05, 4.69) is 22.2 Å². The lowest BCUT2D eigenvalue weighted by Gasteiger charge is -2.42. The Kier molecular flexibility index (Phi) is 11.5. The monoisotopic (exact) mass is 751 g/mol. The van der Waals surface area contributed by atoms with Gasteiger partial charge in [-0.3, -0.25) is 14.5 Å². The number of benzene rings is 2. The van der Waals surface area contributed by atoms with Gasteiger partial charge in [-0.15, -0.1) is 0 Å². The van der Waals surface area contributed by atoms with E-state index in [0.717, 1.165) is 37.4 Å². The van der Waals surface area contributed by atoms with Crippen molar-refractivity contribution in [3.8, 4) is 0 Å². The minimum atomic E-state index is -5.17. The van der Waals surface area contributed by atoms with Crippen LogP contribution in [0.2, 0.25) is 0 Å². The maximum absolute atomic E-state index is 14.1. The van der Waals surface area contributed by atoms with E-state index < -0.39 is 53.3 Å². The third-order valence-corrected chi connectivity index (χ3v) is 11.3. The fraction of sp³-hybridized carbons (Fsp3) is 0.595. The number of para-hydroxylation sites is 1. The van der Waals surface area contributed by atoms with E-state index in [-0.39, 0.29) is 43.2 Å². The molecular weight excluding hydrogens is 704 g/mol. The number of piperazine rings is 1. The highest BCUT2D eigenvalue weighted by atomic mass is 19.4. The molecule has 4 heterocycles. The molecular formula is C37H47F6N7O3. The van der Waals surface area contributed by atoms with Crippen molar-refractivity contribution < 1.29 is 40.7 Å². The minimum Gasteiger partial charge on any atom is -0.398 e. The largest absolute Gasteiger partial charge is 0.418 e. The number of nitrogens with zero attached hydrogens (tertiary/aromatic N) is 5. The molecule has 1 atom stereocenters. The fourth-order valence-electron chi connectivity index (χ4n) is 8.23. The molecule has 0 aromatic heterocycles. The number of anilines is 2. The summed E-state index contributed by atoms with van der Waals surface area (Å²) in [4.78, 5) is 50.6. The van der Waals surface area contributed by atoms with Crippen LogP contribution in [0.4, 0.5) is 42.5 Å². The Labute approximate surface area is 305 Å². The first-order chi connectivity index (χ1) is 25.1. The predicted molar refractivity (Wildman–Crippen MR) is 187 cm³/mol. The lowest BCUT2D eigenvalue weighted by molar-refractivity contribution is -0.143. The molecule has 3 N–H and O–H groups in total. The van der Waals surface area contributed by atoms with E-state index in [4.69, 9.17) is 5.73 Å². The van der Waals surface area contributed by atoms with Crippen LogP contribution in [0.3, 0.4) is 0 Å². The Balaban J connectivity index is 1.16. The lowest BCUT2D eigenvalue weighted by Crippen LogP contribution is -2.53. The maximum atomic E-state index is 14.1. The van der Waals surface area contributed by atoms with Crippen molar-refractivity contribution in [2.45, 2.75) is 69.4 Å². The molecule has 0 spiro atoms. The third kappa shape index (κ3) is 9.02. The number of hydrogen-bond donors (Lipinski definition) is 2. The second kappa shape index (κ2) is 15.7. The molecule has 3 saturated heterocycles. The molecule has 2 aromatic rings. The molecule has 4 amide bonds. The first-order valence-electron chi connectivity index (χ1n) is 18.3. The molecule has 0 radical (unpaired) electrons. The molecule has 6 rings (SSSR count). The number of likely N-dealkylation sites (N-methyl/N-ethyl adjacent to an activating group) is 1. The average molecular weight is 752 g/mol. The number of piperidine rings is 2. The summed E-state index contributed by atoms with van der Waals surface area (Å²) >= 11 is 0. The number of carbonyl (C=O) groups excluding carboxylic acids is 3. The summed E-state index contributed by atoms with van der Waals surface area (Å²) in [6.07, 6.45) is -8.23. The molecule has 290 valence electrons. The van der Waals surface area contributed by atoms with Crippen molar-refractivity contribution in [1.29, 1.82) is 0 Å². The van der Waals surface area contributed by atoms with Crippen LogP contribution in [0.25, 0.3) is 0 Å². The molecule has 10 nitrogen and oxygen atoms in total. The van der Waals surface area contributed by atoms with Gasteiger partial charge >= 0.3 is 18.4 Å².